The Bertz CT molecular complexity index is 702. The molecule has 2 aromatic carbocycles. The third-order valence-electron chi connectivity index (χ3n) is 3.09. The van der Waals surface area contributed by atoms with Crippen LogP contribution in [-0.2, 0) is 9.59 Å². The van der Waals surface area contributed by atoms with Crippen molar-refractivity contribution in [2.45, 2.75) is 19.8 Å². The van der Waals surface area contributed by atoms with Gasteiger partial charge in [0.2, 0.25) is 5.91 Å². The van der Waals surface area contributed by atoms with Crippen LogP contribution in [0, 0.1) is 0 Å². The molecule has 0 radical (unpaired) electrons. The van der Waals surface area contributed by atoms with Crippen molar-refractivity contribution >= 4 is 34.8 Å². The van der Waals surface area contributed by atoms with Crippen LogP contribution >= 0.6 is 11.6 Å². The minimum absolute atomic E-state index is 0.0490. The molecule has 0 atom stereocenters. The van der Waals surface area contributed by atoms with Gasteiger partial charge in [-0.1, -0.05) is 24.6 Å². The van der Waals surface area contributed by atoms with E-state index in [9.17, 15) is 9.59 Å². The van der Waals surface area contributed by atoms with Crippen LogP contribution in [-0.4, -0.2) is 18.4 Å². The first-order valence-corrected chi connectivity index (χ1v) is 8.02. The molecule has 2 amide bonds. The third-order valence-corrected chi connectivity index (χ3v) is 3.34. The van der Waals surface area contributed by atoms with Gasteiger partial charge in [-0.25, -0.2) is 0 Å². The number of carbonyl (C=O) groups excluding carboxylic acids is 2. The minimum atomic E-state index is -0.290. The lowest BCUT2D eigenvalue weighted by Crippen LogP contribution is -2.20. The Balaban J connectivity index is 1.87. The van der Waals surface area contributed by atoms with Crippen molar-refractivity contribution in [1.82, 2.24) is 0 Å². The fourth-order valence-electron chi connectivity index (χ4n) is 2.00. The van der Waals surface area contributed by atoms with E-state index < -0.39 is 0 Å². The molecule has 0 aromatic heterocycles. The number of hydrogen-bond acceptors (Lipinski definition) is 3. The van der Waals surface area contributed by atoms with E-state index in [0.29, 0.717) is 28.6 Å². The highest BCUT2D eigenvalue weighted by atomic mass is 35.5. The molecule has 0 fully saturated rings. The Labute approximate surface area is 146 Å². The number of anilines is 2. The predicted molar refractivity (Wildman–Crippen MR) is 95.6 cm³/mol. The van der Waals surface area contributed by atoms with Gasteiger partial charge >= 0.3 is 0 Å². The van der Waals surface area contributed by atoms with Gasteiger partial charge in [-0.05, 0) is 48.9 Å². The Morgan fingerprint density at radius 1 is 1.00 bits per heavy atom. The van der Waals surface area contributed by atoms with Crippen molar-refractivity contribution in [2.24, 2.45) is 0 Å². The largest absolute Gasteiger partial charge is 0.484 e. The summed E-state index contributed by atoms with van der Waals surface area (Å²) in [6, 6.07) is 13.8. The summed E-state index contributed by atoms with van der Waals surface area (Å²) in [5, 5.41) is 6.12. The van der Waals surface area contributed by atoms with Crippen LogP contribution in [0.1, 0.15) is 19.8 Å². The van der Waals surface area contributed by atoms with Crippen molar-refractivity contribution in [3.8, 4) is 5.75 Å². The number of carbonyl (C=O) groups is 2. The molecule has 0 aliphatic rings. The van der Waals surface area contributed by atoms with Gasteiger partial charge in [-0.3, -0.25) is 9.59 Å². The zero-order valence-corrected chi connectivity index (χ0v) is 14.1. The lowest BCUT2D eigenvalue weighted by molar-refractivity contribution is -0.118. The molecule has 0 saturated carbocycles. The van der Waals surface area contributed by atoms with Crippen molar-refractivity contribution < 1.29 is 14.3 Å². The zero-order chi connectivity index (χ0) is 17.4. The van der Waals surface area contributed by atoms with Crippen LogP contribution in [0.3, 0.4) is 0 Å². The Kier molecular flexibility index (Phi) is 6.63. The van der Waals surface area contributed by atoms with E-state index in [4.69, 9.17) is 16.3 Å². The zero-order valence-electron chi connectivity index (χ0n) is 13.3. The highest BCUT2D eigenvalue weighted by molar-refractivity contribution is 6.30. The van der Waals surface area contributed by atoms with Crippen LogP contribution in [0.5, 0.6) is 5.75 Å². The first-order chi connectivity index (χ1) is 11.6. The van der Waals surface area contributed by atoms with Gasteiger partial charge in [-0.15, -0.1) is 0 Å². The molecule has 6 heteroatoms. The summed E-state index contributed by atoms with van der Waals surface area (Å²) in [6.45, 7) is 1.82. The molecular formula is C18H19ClN2O3. The lowest BCUT2D eigenvalue weighted by atomic mass is 10.2. The molecular weight excluding hydrogens is 328 g/mol. The number of ether oxygens (including phenoxy) is 1. The summed E-state index contributed by atoms with van der Waals surface area (Å²) < 4.78 is 5.38. The SMILES string of the molecule is CCCC(=O)Nc1cccc(NC(=O)COc2ccc(Cl)cc2)c1. The van der Waals surface area contributed by atoms with Crippen LogP contribution < -0.4 is 15.4 Å². The molecule has 0 aliphatic carbocycles. The number of hydrogen-bond donors (Lipinski definition) is 2. The molecule has 2 N–H and O–H groups in total. The van der Waals surface area contributed by atoms with E-state index in [1.807, 2.05) is 6.92 Å². The van der Waals surface area contributed by atoms with Gasteiger partial charge in [-0.2, -0.15) is 0 Å². The predicted octanol–water partition coefficient (Wildman–Crippen LogP) is 4.10. The van der Waals surface area contributed by atoms with Crippen molar-refractivity contribution in [1.29, 1.82) is 0 Å². The van der Waals surface area contributed by atoms with E-state index in [0.717, 1.165) is 6.42 Å². The topological polar surface area (TPSA) is 67.4 Å². The molecule has 0 unspecified atom stereocenters. The summed E-state index contributed by atoms with van der Waals surface area (Å²) in [7, 11) is 0. The first-order valence-electron chi connectivity index (χ1n) is 7.65. The van der Waals surface area contributed by atoms with Gasteiger partial charge in [0.15, 0.2) is 6.61 Å². The molecule has 0 saturated heterocycles. The average Bonchev–Trinajstić information content (AvgIpc) is 2.55. The van der Waals surface area contributed by atoms with Crippen LogP contribution in [0.4, 0.5) is 11.4 Å². The molecule has 2 rings (SSSR count). The van der Waals surface area contributed by atoms with Crippen molar-refractivity contribution in [3.63, 3.8) is 0 Å². The van der Waals surface area contributed by atoms with E-state index in [1.54, 1.807) is 48.5 Å². The second kappa shape index (κ2) is 8.93. The fourth-order valence-corrected chi connectivity index (χ4v) is 2.13. The Morgan fingerprint density at radius 2 is 1.62 bits per heavy atom. The van der Waals surface area contributed by atoms with Crippen LogP contribution in [0.25, 0.3) is 0 Å². The fraction of sp³-hybridized carbons (Fsp3) is 0.222. The maximum atomic E-state index is 11.9. The van der Waals surface area contributed by atoms with Gasteiger partial charge in [0.1, 0.15) is 5.75 Å². The number of halogens is 1. The maximum absolute atomic E-state index is 11.9. The third kappa shape index (κ3) is 5.93. The van der Waals surface area contributed by atoms with Crippen LogP contribution in [0.15, 0.2) is 48.5 Å². The van der Waals surface area contributed by atoms with E-state index in [2.05, 4.69) is 10.6 Å². The monoisotopic (exact) mass is 346 g/mol. The first kappa shape index (κ1) is 17.8. The molecule has 0 bridgehead atoms. The lowest BCUT2D eigenvalue weighted by Gasteiger charge is -2.09. The van der Waals surface area contributed by atoms with Crippen LogP contribution in [0.2, 0.25) is 5.02 Å². The number of rotatable bonds is 7. The number of benzene rings is 2. The molecule has 0 spiro atoms. The summed E-state index contributed by atoms with van der Waals surface area (Å²) in [6.07, 6.45) is 1.25. The normalized spacial score (nSPS) is 10.1. The highest BCUT2D eigenvalue weighted by Crippen LogP contribution is 2.17. The smallest absolute Gasteiger partial charge is 0.262 e. The minimum Gasteiger partial charge on any atom is -0.484 e. The Morgan fingerprint density at radius 3 is 2.25 bits per heavy atom. The van der Waals surface area contributed by atoms with Gasteiger partial charge in [0, 0.05) is 22.8 Å². The van der Waals surface area contributed by atoms with Gasteiger partial charge < -0.3 is 15.4 Å². The van der Waals surface area contributed by atoms with Gasteiger partial charge in [0.05, 0.1) is 0 Å². The average molecular weight is 347 g/mol. The summed E-state index contributed by atoms with van der Waals surface area (Å²) in [5.41, 5.74) is 1.24. The summed E-state index contributed by atoms with van der Waals surface area (Å²) in [5.74, 6) is 0.226. The summed E-state index contributed by atoms with van der Waals surface area (Å²) in [4.78, 5) is 23.5. The van der Waals surface area contributed by atoms with E-state index >= 15 is 0 Å². The molecule has 126 valence electrons. The quantitative estimate of drug-likeness (QED) is 0.793. The number of amides is 2. The van der Waals surface area contributed by atoms with Gasteiger partial charge in [0.25, 0.3) is 5.91 Å². The standard InChI is InChI=1S/C18H19ClN2O3/c1-2-4-17(22)20-14-5-3-6-15(11-14)21-18(23)12-24-16-9-7-13(19)8-10-16/h3,5-11H,2,4,12H2,1H3,(H,20,22)(H,21,23). The second-order valence-corrected chi connectivity index (χ2v) is 5.61. The number of nitrogens with one attached hydrogen (secondary N) is 2. The maximum Gasteiger partial charge on any atom is 0.262 e. The van der Waals surface area contributed by atoms with E-state index in [-0.39, 0.29) is 18.4 Å². The van der Waals surface area contributed by atoms with Crippen molar-refractivity contribution in [3.05, 3.63) is 53.6 Å². The second-order valence-electron chi connectivity index (χ2n) is 5.17. The van der Waals surface area contributed by atoms with E-state index in [1.165, 1.54) is 0 Å². The summed E-state index contributed by atoms with van der Waals surface area (Å²) >= 11 is 5.79. The molecule has 5 nitrogen and oxygen atoms in total. The molecule has 0 aliphatic heterocycles. The molecule has 24 heavy (non-hydrogen) atoms. The van der Waals surface area contributed by atoms with Crippen molar-refractivity contribution in [2.75, 3.05) is 17.2 Å². The Hall–Kier alpha value is -2.53. The highest BCUT2D eigenvalue weighted by Gasteiger charge is 2.06. The molecule has 2 aromatic rings. The molecule has 0 heterocycles.